The van der Waals surface area contributed by atoms with Crippen LogP contribution in [0.1, 0.15) is 39.5 Å². The first-order valence-electron chi connectivity index (χ1n) is 4.98. The zero-order valence-electron chi connectivity index (χ0n) is 8.10. The third-order valence-corrected chi connectivity index (χ3v) is 2.70. The van der Waals surface area contributed by atoms with Crippen molar-refractivity contribution < 1.29 is 4.79 Å². The second kappa shape index (κ2) is 4.61. The average molecular weight is 169 g/mol. The first kappa shape index (κ1) is 9.72. The highest BCUT2D eigenvalue weighted by molar-refractivity contribution is 5.81. The molecule has 0 aromatic heterocycles. The van der Waals surface area contributed by atoms with Gasteiger partial charge in [-0.2, -0.15) is 0 Å². The first-order valence-corrected chi connectivity index (χ1v) is 4.98. The monoisotopic (exact) mass is 169 g/mol. The Morgan fingerprint density at radius 3 is 2.92 bits per heavy atom. The number of carbonyl (C=O) groups is 1. The van der Waals surface area contributed by atoms with Gasteiger partial charge in [0.05, 0.1) is 6.04 Å². The van der Waals surface area contributed by atoms with E-state index in [1.807, 2.05) is 0 Å². The topological polar surface area (TPSA) is 29.1 Å². The molecule has 1 fully saturated rings. The molecule has 12 heavy (non-hydrogen) atoms. The molecule has 2 nitrogen and oxygen atoms in total. The normalized spacial score (nSPS) is 30.2. The summed E-state index contributed by atoms with van der Waals surface area (Å²) < 4.78 is 0. The zero-order chi connectivity index (χ0) is 8.97. The number of ketones is 1. The number of Topliss-reactive ketones (excluding diaryl/α,β-unsaturated/α-hetero) is 1. The molecule has 1 rings (SSSR count). The van der Waals surface area contributed by atoms with Crippen LogP contribution in [0, 0.1) is 5.92 Å². The molecule has 0 aromatic rings. The fourth-order valence-electron chi connectivity index (χ4n) is 1.98. The van der Waals surface area contributed by atoms with Gasteiger partial charge in [0.2, 0.25) is 0 Å². The van der Waals surface area contributed by atoms with Gasteiger partial charge in [0.1, 0.15) is 5.78 Å². The lowest BCUT2D eigenvalue weighted by atomic mass is 9.88. The molecule has 1 aliphatic heterocycles. The molecule has 0 amide bonds. The molecule has 2 unspecified atom stereocenters. The summed E-state index contributed by atoms with van der Waals surface area (Å²) in [6.07, 6.45) is 4.83. The van der Waals surface area contributed by atoms with Crippen molar-refractivity contribution in [1.82, 2.24) is 5.32 Å². The van der Waals surface area contributed by atoms with Gasteiger partial charge in [-0.25, -0.2) is 0 Å². The lowest BCUT2D eigenvalue weighted by molar-refractivity contribution is -0.119. The molecule has 2 heteroatoms. The number of nitrogens with one attached hydrogen (secondary N) is 1. The van der Waals surface area contributed by atoms with Crippen molar-refractivity contribution in [3.63, 3.8) is 0 Å². The number of hydrogen-bond acceptors (Lipinski definition) is 2. The predicted octanol–water partition coefficient (Wildman–Crippen LogP) is 1.74. The molecule has 1 aliphatic rings. The summed E-state index contributed by atoms with van der Waals surface area (Å²) in [5, 5.41) is 3.26. The van der Waals surface area contributed by atoms with Crippen LogP contribution in [-0.2, 0) is 4.79 Å². The smallest absolute Gasteiger partial charge is 0.146 e. The molecular weight excluding hydrogens is 150 g/mol. The summed E-state index contributed by atoms with van der Waals surface area (Å²) in [4.78, 5) is 11.1. The number of rotatable bonds is 3. The van der Waals surface area contributed by atoms with Crippen LogP contribution in [0.25, 0.3) is 0 Å². The summed E-state index contributed by atoms with van der Waals surface area (Å²) in [7, 11) is 0. The van der Waals surface area contributed by atoms with Gasteiger partial charge in [0, 0.05) is 0 Å². The molecule has 70 valence electrons. The Kier molecular flexibility index (Phi) is 3.73. The van der Waals surface area contributed by atoms with Crippen molar-refractivity contribution >= 4 is 5.78 Å². The van der Waals surface area contributed by atoms with Gasteiger partial charge in [0.25, 0.3) is 0 Å². The van der Waals surface area contributed by atoms with Gasteiger partial charge in [-0.1, -0.05) is 19.8 Å². The highest BCUT2D eigenvalue weighted by atomic mass is 16.1. The van der Waals surface area contributed by atoms with Gasteiger partial charge in [-0.05, 0) is 32.2 Å². The summed E-state index contributed by atoms with van der Waals surface area (Å²) in [5.74, 6) is 1.08. The minimum atomic E-state index is 0.148. The Hall–Kier alpha value is -0.370. The molecule has 0 saturated carbocycles. The average Bonchev–Trinajstić information content (AvgIpc) is 2.05. The molecule has 0 spiro atoms. The maximum Gasteiger partial charge on any atom is 0.146 e. The maximum atomic E-state index is 11.1. The first-order chi connectivity index (χ1) is 5.74. The van der Waals surface area contributed by atoms with E-state index in [4.69, 9.17) is 0 Å². The van der Waals surface area contributed by atoms with Crippen LogP contribution in [0.4, 0.5) is 0 Å². The van der Waals surface area contributed by atoms with E-state index in [0.29, 0.717) is 5.78 Å². The lowest BCUT2D eigenvalue weighted by Gasteiger charge is -2.28. The Balaban J connectivity index is 2.35. The summed E-state index contributed by atoms with van der Waals surface area (Å²) in [6, 6.07) is 0.148. The van der Waals surface area contributed by atoms with E-state index in [2.05, 4.69) is 12.2 Å². The second-order valence-corrected chi connectivity index (χ2v) is 3.80. The highest BCUT2D eigenvalue weighted by Crippen LogP contribution is 2.21. The maximum absolute atomic E-state index is 11.1. The number of piperidine rings is 1. The molecule has 2 atom stereocenters. The fraction of sp³-hybridized carbons (Fsp3) is 0.900. The summed E-state index contributed by atoms with van der Waals surface area (Å²) in [6.45, 7) is 4.92. The standard InChI is InChI=1S/C10H19NO/c1-3-4-9-5-6-11-10(7-9)8(2)12/h9-11H,3-7H2,1-2H3. The predicted molar refractivity (Wildman–Crippen MR) is 50.1 cm³/mol. The minimum Gasteiger partial charge on any atom is -0.307 e. The van der Waals surface area contributed by atoms with Crippen molar-refractivity contribution in [2.45, 2.75) is 45.6 Å². The van der Waals surface area contributed by atoms with E-state index in [9.17, 15) is 4.79 Å². The van der Waals surface area contributed by atoms with Gasteiger partial charge < -0.3 is 5.32 Å². The fourth-order valence-corrected chi connectivity index (χ4v) is 1.98. The summed E-state index contributed by atoms with van der Waals surface area (Å²) >= 11 is 0. The van der Waals surface area contributed by atoms with Gasteiger partial charge in [0.15, 0.2) is 0 Å². The van der Waals surface area contributed by atoms with Crippen LogP contribution in [0.3, 0.4) is 0 Å². The van der Waals surface area contributed by atoms with Crippen LogP contribution in [-0.4, -0.2) is 18.4 Å². The van der Waals surface area contributed by atoms with Gasteiger partial charge >= 0.3 is 0 Å². The molecule has 1 saturated heterocycles. The highest BCUT2D eigenvalue weighted by Gasteiger charge is 2.23. The van der Waals surface area contributed by atoms with E-state index in [0.717, 1.165) is 18.9 Å². The molecular formula is C10H19NO. The minimum absolute atomic E-state index is 0.148. The Morgan fingerprint density at radius 2 is 2.33 bits per heavy atom. The van der Waals surface area contributed by atoms with Crippen molar-refractivity contribution in [3.8, 4) is 0 Å². The third-order valence-electron chi connectivity index (χ3n) is 2.70. The van der Waals surface area contributed by atoms with Crippen LogP contribution in [0.15, 0.2) is 0 Å². The third kappa shape index (κ3) is 2.59. The van der Waals surface area contributed by atoms with Crippen molar-refractivity contribution in [3.05, 3.63) is 0 Å². The number of carbonyl (C=O) groups excluding carboxylic acids is 1. The van der Waals surface area contributed by atoms with E-state index >= 15 is 0 Å². The van der Waals surface area contributed by atoms with Crippen LogP contribution in [0.2, 0.25) is 0 Å². The SMILES string of the molecule is CCCC1CCNC(C(C)=O)C1. The second-order valence-electron chi connectivity index (χ2n) is 3.80. The zero-order valence-corrected chi connectivity index (χ0v) is 8.10. The molecule has 1 N–H and O–H groups in total. The van der Waals surface area contributed by atoms with E-state index in [-0.39, 0.29) is 6.04 Å². The van der Waals surface area contributed by atoms with Gasteiger partial charge in [-0.3, -0.25) is 4.79 Å². The van der Waals surface area contributed by atoms with E-state index in [1.165, 1.54) is 19.3 Å². The van der Waals surface area contributed by atoms with Crippen molar-refractivity contribution in [2.24, 2.45) is 5.92 Å². The van der Waals surface area contributed by atoms with E-state index < -0.39 is 0 Å². The quantitative estimate of drug-likeness (QED) is 0.697. The Morgan fingerprint density at radius 1 is 1.58 bits per heavy atom. The molecule has 0 radical (unpaired) electrons. The molecule has 0 bridgehead atoms. The Bertz CT molecular complexity index is 154. The van der Waals surface area contributed by atoms with Crippen molar-refractivity contribution in [2.75, 3.05) is 6.54 Å². The van der Waals surface area contributed by atoms with E-state index in [1.54, 1.807) is 6.92 Å². The summed E-state index contributed by atoms with van der Waals surface area (Å²) in [5.41, 5.74) is 0. The molecule has 1 heterocycles. The molecule has 0 aliphatic carbocycles. The molecule has 0 aromatic carbocycles. The van der Waals surface area contributed by atoms with Crippen molar-refractivity contribution in [1.29, 1.82) is 0 Å². The number of hydrogen-bond donors (Lipinski definition) is 1. The van der Waals surface area contributed by atoms with Crippen LogP contribution >= 0.6 is 0 Å². The lowest BCUT2D eigenvalue weighted by Crippen LogP contribution is -2.42. The largest absolute Gasteiger partial charge is 0.307 e. The van der Waals surface area contributed by atoms with Crippen LogP contribution < -0.4 is 5.32 Å². The Labute approximate surface area is 74.7 Å². The van der Waals surface area contributed by atoms with Crippen LogP contribution in [0.5, 0.6) is 0 Å². The van der Waals surface area contributed by atoms with Gasteiger partial charge in [-0.15, -0.1) is 0 Å².